The number of ether oxygens (including phenoxy) is 3. The number of aryl methyl sites for hydroxylation is 1. The van der Waals surface area contributed by atoms with Gasteiger partial charge in [0, 0.05) is 37.3 Å². The van der Waals surface area contributed by atoms with Crippen molar-refractivity contribution in [1.29, 1.82) is 0 Å². The van der Waals surface area contributed by atoms with Gasteiger partial charge in [-0.1, -0.05) is 30.3 Å². The third kappa shape index (κ3) is 6.08. The summed E-state index contributed by atoms with van der Waals surface area (Å²) in [6.07, 6.45) is 0.148. The normalized spacial score (nSPS) is 11.2. The number of methoxy groups -OCH3 is 2. The van der Waals surface area contributed by atoms with Gasteiger partial charge < -0.3 is 23.9 Å². The number of carboxylic acid groups (broad SMARTS) is 1. The lowest BCUT2D eigenvalue weighted by molar-refractivity contribution is 0.0696. The second kappa shape index (κ2) is 12.4. The number of halogens is 2. The van der Waals surface area contributed by atoms with E-state index in [-0.39, 0.29) is 24.4 Å². The molecule has 0 unspecified atom stereocenters. The number of aromatic nitrogens is 3. The number of rotatable bonds is 11. The van der Waals surface area contributed by atoms with E-state index in [1.165, 1.54) is 31.4 Å². The van der Waals surface area contributed by atoms with Crippen molar-refractivity contribution in [3.8, 4) is 22.9 Å². The number of nitrogens with zero attached hydrogens (tertiary/aromatic N) is 3. The monoisotopic (exact) mass is 573 g/mol. The van der Waals surface area contributed by atoms with E-state index < -0.39 is 11.8 Å². The molecule has 1 N–H and O–H groups in total. The Labute approximate surface area is 241 Å². The fraction of sp³-hybridized carbons (Fsp3) is 0.219. The van der Waals surface area contributed by atoms with Crippen LogP contribution >= 0.6 is 0 Å². The van der Waals surface area contributed by atoms with Gasteiger partial charge in [-0.3, -0.25) is 0 Å². The third-order valence-corrected chi connectivity index (χ3v) is 6.89. The molecule has 0 radical (unpaired) electrons. The van der Waals surface area contributed by atoms with E-state index in [0.717, 1.165) is 5.56 Å². The maximum atomic E-state index is 15.5. The highest BCUT2D eigenvalue weighted by Gasteiger charge is 2.19. The van der Waals surface area contributed by atoms with Gasteiger partial charge in [-0.05, 0) is 48.4 Å². The summed E-state index contributed by atoms with van der Waals surface area (Å²) in [6, 6.07) is 17.8. The molecule has 0 aliphatic rings. The van der Waals surface area contributed by atoms with Gasteiger partial charge in [0.05, 0.1) is 30.5 Å². The first-order valence-corrected chi connectivity index (χ1v) is 13.2. The first kappa shape index (κ1) is 28.7. The highest BCUT2D eigenvalue weighted by atomic mass is 19.1. The van der Waals surface area contributed by atoms with Crippen molar-refractivity contribution in [1.82, 2.24) is 14.5 Å². The lowest BCUT2D eigenvalue weighted by Crippen LogP contribution is -2.10. The Balaban J connectivity index is 1.41. The molecule has 0 bridgehead atoms. The molecule has 42 heavy (non-hydrogen) atoms. The summed E-state index contributed by atoms with van der Waals surface area (Å²) < 4.78 is 47.8. The molecule has 3 aromatic carbocycles. The van der Waals surface area contributed by atoms with E-state index >= 15 is 4.39 Å². The number of benzene rings is 3. The lowest BCUT2D eigenvalue weighted by Gasteiger charge is -2.11. The van der Waals surface area contributed by atoms with Crippen LogP contribution in [0.15, 0.2) is 66.7 Å². The quantitative estimate of drug-likeness (QED) is 0.201. The highest BCUT2D eigenvalue weighted by Crippen LogP contribution is 2.30. The number of carboxylic acids is 1. The minimum absolute atomic E-state index is 0.0126. The van der Waals surface area contributed by atoms with Gasteiger partial charge in [-0.2, -0.15) is 0 Å². The minimum Gasteiger partial charge on any atom is -0.494 e. The van der Waals surface area contributed by atoms with Crippen LogP contribution in [0.5, 0.6) is 11.6 Å². The largest absolute Gasteiger partial charge is 0.494 e. The molecule has 5 rings (SSSR count). The third-order valence-electron chi connectivity index (χ3n) is 6.89. The van der Waals surface area contributed by atoms with Gasteiger partial charge >= 0.3 is 5.97 Å². The van der Waals surface area contributed by atoms with Crippen molar-refractivity contribution in [2.75, 3.05) is 20.8 Å². The number of hydrogen-bond acceptors (Lipinski definition) is 6. The molecule has 0 atom stereocenters. The predicted molar refractivity (Wildman–Crippen MR) is 153 cm³/mol. The Morgan fingerprint density at radius 3 is 2.45 bits per heavy atom. The van der Waals surface area contributed by atoms with Crippen molar-refractivity contribution in [3.63, 3.8) is 0 Å². The van der Waals surface area contributed by atoms with Gasteiger partial charge in [0.25, 0.3) is 0 Å². The Hall–Kier alpha value is -4.83. The molecule has 0 aliphatic carbocycles. The van der Waals surface area contributed by atoms with Crippen molar-refractivity contribution >= 4 is 17.0 Å². The molecule has 0 saturated heterocycles. The van der Waals surface area contributed by atoms with Crippen molar-refractivity contribution in [2.45, 2.75) is 26.5 Å². The lowest BCUT2D eigenvalue weighted by atomic mass is 10.1. The molecule has 8 nitrogen and oxygen atoms in total. The second-order valence-electron chi connectivity index (χ2n) is 9.75. The van der Waals surface area contributed by atoms with E-state index in [0.29, 0.717) is 64.0 Å². The fourth-order valence-corrected chi connectivity index (χ4v) is 4.68. The zero-order valence-corrected chi connectivity index (χ0v) is 23.4. The van der Waals surface area contributed by atoms with Crippen LogP contribution in [0.4, 0.5) is 8.78 Å². The number of carbonyl (C=O) groups is 1. The summed E-state index contributed by atoms with van der Waals surface area (Å²) in [5.74, 6) is -0.754. The molecule has 0 amide bonds. The number of pyridine rings is 1. The summed E-state index contributed by atoms with van der Waals surface area (Å²) in [7, 11) is 3.01. The zero-order chi connectivity index (χ0) is 29.8. The Bertz CT molecular complexity index is 1770. The summed E-state index contributed by atoms with van der Waals surface area (Å²) in [4.78, 5) is 20.9. The molecule has 2 aromatic heterocycles. The number of aromatic carboxylic acids is 1. The van der Waals surface area contributed by atoms with E-state index in [9.17, 15) is 14.3 Å². The van der Waals surface area contributed by atoms with Gasteiger partial charge in [0.15, 0.2) is 0 Å². The van der Waals surface area contributed by atoms with Crippen LogP contribution in [0.2, 0.25) is 0 Å². The Morgan fingerprint density at radius 2 is 1.74 bits per heavy atom. The predicted octanol–water partition coefficient (Wildman–Crippen LogP) is 6.21. The van der Waals surface area contributed by atoms with Crippen LogP contribution in [0.25, 0.3) is 22.3 Å². The maximum Gasteiger partial charge on any atom is 0.335 e. The average Bonchev–Trinajstić information content (AvgIpc) is 3.33. The molecule has 5 aromatic rings. The molecule has 0 aliphatic heterocycles. The molecular weight excluding hydrogens is 544 g/mol. The number of imidazole rings is 1. The summed E-state index contributed by atoms with van der Waals surface area (Å²) in [6.45, 7) is 2.56. The second-order valence-corrected chi connectivity index (χ2v) is 9.75. The first-order valence-electron chi connectivity index (χ1n) is 13.2. The molecule has 10 heteroatoms. The van der Waals surface area contributed by atoms with Gasteiger partial charge in [0.2, 0.25) is 5.88 Å². The Morgan fingerprint density at radius 1 is 0.952 bits per heavy atom. The average molecular weight is 574 g/mol. The Kier molecular flexibility index (Phi) is 8.44. The first-order chi connectivity index (χ1) is 20.3. The van der Waals surface area contributed by atoms with Gasteiger partial charge in [-0.25, -0.2) is 23.5 Å². The summed E-state index contributed by atoms with van der Waals surface area (Å²) >= 11 is 0. The fourth-order valence-electron chi connectivity index (χ4n) is 4.68. The highest BCUT2D eigenvalue weighted by molar-refractivity contribution is 5.95. The standard InChI is InChI=1S/C32H29F2N3O5/c1-19-7-8-22(24(33)13-19)18-42-30-6-4-5-26(35-30)21-10-9-20(25(34)14-21)17-29-36-31-27(37(29)11-12-40-2)15-23(32(38)39)16-28(31)41-3/h4-10,13-16H,11-12,17-18H2,1-3H3,(H,38,39). The van der Waals surface area contributed by atoms with Crippen LogP contribution in [-0.2, 0) is 24.3 Å². The summed E-state index contributed by atoms with van der Waals surface area (Å²) in [5, 5.41) is 9.56. The maximum absolute atomic E-state index is 15.5. The van der Waals surface area contributed by atoms with Crippen LogP contribution < -0.4 is 9.47 Å². The molecular formula is C32H29F2N3O5. The van der Waals surface area contributed by atoms with Crippen LogP contribution in [0.3, 0.4) is 0 Å². The molecule has 216 valence electrons. The van der Waals surface area contributed by atoms with E-state index in [1.54, 1.807) is 43.5 Å². The van der Waals surface area contributed by atoms with Gasteiger partial charge in [-0.15, -0.1) is 0 Å². The van der Waals surface area contributed by atoms with Crippen LogP contribution in [-0.4, -0.2) is 46.4 Å². The SMILES string of the molecule is COCCn1c(Cc2ccc(-c3cccc(OCc4ccc(C)cc4F)n3)cc2F)nc2c(OC)cc(C(=O)O)cc21. The molecule has 0 spiro atoms. The van der Waals surface area contributed by atoms with E-state index in [2.05, 4.69) is 9.97 Å². The topological polar surface area (TPSA) is 95.7 Å². The van der Waals surface area contributed by atoms with Crippen molar-refractivity contribution < 1.29 is 32.9 Å². The van der Waals surface area contributed by atoms with E-state index in [1.807, 2.05) is 17.6 Å². The summed E-state index contributed by atoms with van der Waals surface area (Å²) in [5.41, 5.74) is 3.77. The molecule has 0 fully saturated rings. The van der Waals surface area contributed by atoms with E-state index in [4.69, 9.17) is 14.2 Å². The number of hydrogen-bond donors (Lipinski definition) is 1. The number of fused-ring (bicyclic) bond motifs is 1. The van der Waals surface area contributed by atoms with Crippen molar-refractivity contribution in [3.05, 3.63) is 106 Å². The van der Waals surface area contributed by atoms with Crippen LogP contribution in [0.1, 0.15) is 32.9 Å². The van der Waals surface area contributed by atoms with Crippen molar-refractivity contribution in [2.24, 2.45) is 0 Å². The molecule has 0 saturated carbocycles. The zero-order valence-electron chi connectivity index (χ0n) is 23.4. The smallest absolute Gasteiger partial charge is 0.335 e. The van der Waals surface area contributed by atoms with Gasteiger partial charge in [0.1, 0.15) is 35.3 Å². The van der Waals surface area contributed by atoms with Crippen LogP contribution in [0, 0.1) is 18.6 Å². The minimum atomic E-state index is -1.09. The molecule has 2 heterocycles.